The van der Waals surface area contributed by atoms with Gasteiger partial charge in [-0.2, -0.15) is 0 Å². The first-order valence-electron chi connectivity index (χ1n) is 5.07. The molecule has 0 fully saturated rings. The van der Waals surface area contributed by atoms with Gasteiger partial charge < -0.3 is 10.1 Å². The monoisotopic (exact) mass is 314 g/mol. The Bertz CT molecular complexity index is 491. The van der Waals surface area contributed by atoms with Crippen molar-refractivity contribution in [1.29, 1.82) is 0 Å². The summed E-state index contributed by atoms with van der Waals surface area (Å²) in [5, 5.41) is 12.8. The number of ether oxygens (including phenoxy) is 1. The van der Waals surface area contributed by atoms with Gasteiger partial charge in [0.05, 0.1) is 6.20 Å². The first-order chi connectivity index (χ1) is 8.28. The minimum atomic E-state index is 0.404. The maximum absolute atomic E-state index is 5.55. The van der Waals surface area contributed by atoms with E-state index in [0.717, 1.165) is 21.2 Å². The van der Waals surface area contributed by atoms with Gasteiger partial charge in [-0.15, -0.1) is 10.2 Å². The van der Waals surface area contributed by atoms with Gasteiger partial charge in [-0.25, -0.2) is 0 Å². The van der Waals surface area contributed by atoms with Crippen molar-refractivity contribution in [1.82, 2.24) is 15.2 Å². The normalized spacial score (nSPS) is 10.2. The second-order valence-corrected chi connectivity index (χ2v) is 5.14. The van der Waals surface area contributed by atoms with Gasteiger partial charge in [0, 0.05) is 17.2 Å². The minimum absolute atomic E-state index is 0.404. The van der Waals surface area contributed by atoms with Crippen LogP contribution in [0.5, 0.6) is 5.75 Å². The highest BCUT2D eigenvalue weighted by molar-refractivity contribution is 9.10. The summed E-state index contributed by atoms with van der Waals surface area (Å²) in [6.07, 6.45) is 3.37. The molecule has 0 saturated carbocycles. The number of hydrogen-bond acceptors (Lipinski definition) is 6. The predicted molar refractivity (Wildman–Crippen MR) is 70.3 cm³/mol. The summed E-state index contributed by atoms with van der Waals surface area (Å²) in [4.78, 5) is 4.01. The molecule has 2 heterocycles. The van der Waals surface area contributed by atoms with Gasteiger partial charge in [-0.3, -0.25) is 4.98 Å². The number of nitrogens with zero attached hydrogens (tertiary/aromatic N) is 3. The fourth-order valence-corrected chi connectivity index (χ4v) is 2.22. The zero-order valence-electron chi connectivity index (χ0n) is 9.18. The third-order valence-corrected chi connectivity index (χ3v) is 3.13. The number of pyridine rings is 1. The molecule has 0 aliphatic carbocycles. The van der Waals surface area contributed by atoms with E-state index in [1.165, 1.54) is 11.3 Å². The third-order valence-electron chi connectivity index (χ3n) is 1.84. The summed E-state index contributed by atoms with van der Waals surface area (Å²) in [6, 6.07) is 1.86. The molecule has 1 N–H and O–H groups in total. The lowest BCUT2D eigenvalue weighted by Crippen LogP contribution is -1.95. The molecule has 0 amide bonds. The number of aromatic nitrogens is 3. The van der Waals surface area contributed by atoms with E-state index in [1.807, 2.05) is 13.0 Å². The van der Waals surface area contributed by atoms with Crippen molar-refractivity contribution in [3.05, 3.63) is 27.9 Å². The largest absolute Gasteiger partial charge is 0.485 e. The van der Waals surface area contributed by atoms with Gasteiger partial charge in [0.25, 0.3) is 0 Å². The molecule has 0 aromatic carbocycles. The molecule has 0 aliphatic heterocycles. The number of anilines is 1. The van der Waals surface area contributed by atoms with Crippen LogP contribution in [0.15, 0.2) is 22.9 Å². The average molecular weight is 315 g/mol. The van der Waals surface area contributed by atoms with Gasteiger partial charge in [0.1, 0.15) is 12.4 Å². The lowest BCUT2D eigenvalue weighted by atomic mass is 10.5. The third kappa shape index (κ3) is 3.64. The van der Waals surface area contributed by atoms with Gasteiger partial charge in [-0.05, 0) is 28.9 Å². The Kier molecular flexibility index (Phi) is 4.27. The molecule has 0 bridgehead atoms. The number of nitrogens with one attached hydrogen (secondary N) is 1. The van der Waals surface area contributed by atoms with Crippen molar-refractivity contribution in [2.24, 2.45) is 0 Å². The summed E-state index contributed by atoms with van der Waals surface area (Å²) in [7, 11) is 0. The Morgan fingerprint density at radius 3 is 3.06 bits per heavy atom. The molecule has 2 aromatic rings. The first kappa shape index (κ1) is 12.3. The fraction of sp³-hybridized carbons (Fsp3) is 0.300. The van der Waals surface area contributed by atoms with Crippen LogP contribution in [-0.2, 0) is 6.61 Å². The van der Waals surface area contributed by atoms with E-state index in [2.05, 4.69) is 36.4 Å². The van der Waals surface area contributed by atoms with E-state index >= 15 is 0 Å². The smallest absolute Gasteiger partial charge is 0.205 e. The molecule has 5 nitrogen and oxygen atoms in total. The van der Waals surface area contributed by atoms with Gasteiger partial charge in [0.2, 0.25) is 5.13 Å². The van der Waals surface area contributed by atoms with Crippen molar-refractivity contribution in [3.63, 3.8) is 0 Å². The van der Waals surface area contributed by atoms with Crippen LogP contribution in [0.3, 0.4) is 0 Å². The molecule has 0 unspecified atom stereocenters. The Hall–Kier alpha value is -1.21. The van der Waals surface area contributed by atoms with Crippen LogP contribution in [0, 0.1) is 0 Å². The maximum atomic E-state index is 5.55. The molecule has 2 rings (SSSR count). The summed E-state index contributed by atoms with van der Waals surface area (Å²) in [5.41, 5.74) is 0. The van der Waals surface area contributed by atoms with E-state index in [-0.39, 0.29) is 0 Å². The summed E-state index contributed by atoms with van der Waals surface area (Å²) < 4.78 is 6.44. The number of rotatable bonds is 5. The van der Waals surface area contributed by atoms with Crippen LogP contribution in [-0.4, -0.2) is 21.7 Å². The fourth-order valence-electron chi connectivity index (χ4n) is 1.15. The average Bonchev–Trinajstić information content (AvgIpc) is 2.75. The Labute approximate surface area is 111 Å². The first-order valence-corrected chi connectivity index (χ1v) is 6.68. The van der Waals surface area contributed by atoms with E-state index < -0.39 is 0 Å². The predicted octanol–water partition coefficient (Wildman–Crippen LogP) is 2.71. The van der Waals surface area contributed by atoms with Crippen molar-refractivity contribution >= 4 is 32.4 Å². The quantitative estimate of drug-likeness (QED) is 0.919. The summed E-state index contributed by atoms with van der Waals surface area (Å²) in [5.74, 6) is 0.708. The van der Waals surface area contributed by atoms with Crippen LogP contribution in [0.25, 0.3) is 0 Å². The highest BCUT2D eigenvalue weighted by Crippen LogP contribution is 2.19. The van der Waals surface area contributed by atoms with Gasteiger partial charge >= 0.3 is 0 Å². The minimum Gasteiger partial charge on any atom is -0.485 e. The Morgan fingerprint density at radius 1 is 1.41 bits per heavy atom. The molecule has 0 radical (unpaired) electrons. The standard InChI is InChI=1S/C10H11BrN4OS/c1-2-13-10-15-14-9(17-10)6-16-8-3-7(11)4-12-5-8/h3-5H,2,6H2,1H3,(H,13,15). The maximum Gasteiger partial charge on any atom is 0.205 e. The SMILES string of the molecule is CCNc1nnc(COc2cncc(Br)c2)s1. The molecule has 0 saturated heterocycles. The van der Waals surface area contributed by atoms with Crippen molar-refractivity contribution in [2.75, 3.05) is 11.9 Å². The summed E-state index contributed by atoms with van der Waals surface area (Å²) >= 11 is 4.83. The van der Waals surface area contributed by atoms with E-state index in [1.54, 1.807) is 12.4 Å². The Balaban J connectivity index is 1.93. The van der Waals surface area contributed by atoms with Gasteiger partial charge in [-0.1, -0.05) is 11.3 Å². The number of hydrogen-bond donors (Lipinski definition) is 1. The highest BCUT2D eigenvalue weighted by atomic mass is 79.9. The van der Waals surface area contributed by atoms with Crippen LogP contribution in [0.2, 0.25) is 0 Å². The van der Waals surface area contributed by atoms with Crippen LogP contribution < -0.4 is 10.1 Å². The molecular formula is C10H11BrN4OS. The highest BCUT2D eigenvalue weighted by Gasteiger charge is 2.04. The lowest BCUT2D eigenvalue weighted by Gasteiger charge is -2.02. The van der Waals surface area contributed by atoms with Gasteiger partial charge in [0.15, 0.2) is 5.01 Å². The molecular weight excluding hydrogens is 304 g/mol. The molecule has 0 aliphatic rings. The van der Waals surface area contributed by atoms with E-state index in [9.17, 15) is 0 Å². The second-order valence-electron chi connectivity index (χ2n) is 3.16. The van der Waals surface area contributed by atoms with Crippen molar-refractivity contribution < 1.29 is 4.74 Å². The molecule has 17 heavy (non-hydrogen) atoms. The van der Waals surface area contributed by atoms with Crippen LogP contribution >= 0.6 is 27.3 Å². The van der Waals surface area contributed by atoms with E-state index in [0.29, 0.717) is 12.4 Å². The van der Waals surface area contributed by atoms with Crippen molar-refractivity contribution in [3.8, 4) is 5.75 Å². The Morgan fingerprint density at radius 2 is 2.29 bits per heavy atom. The van der Waals surface area contributed by atoms with E-state index in [4.69, 9.17) is 4.74 Å². The van der Waals surface area contributed by atoms with Crippen molar-refractivity contribution in [2.45, 2.75) is 13.5 Å². The zero-order chi connectivity index (χ0) is 12.1. The van der Waals surface area contributed by atoms with Crippen LogP contribution in [0.1, 0.15) is 11.9 Å². The molecule has 0 spiro atoms. The van der Waals surface area contributed by atoms with Crippen LogP contribution in [0.4, 0.5) is 5.13 Å². The lowest BCUT2D eigenvalue weighted by molar-refractivity contribution is 0.303. The molecule has 7 heteroatoms. The summed E-state index contributed by atoms with van der Waals surface area (Å²) in [6.45, 7) is 3.26. The molecule has 2 aromatic heterocycles. The number of halogens is 1. The second kappa shape index (κ2) is 5.92. The molecule has 90 valence electrons. The topological polar surface area (TPSA) is 59.9 Å². The zero-order valence-corrected chi connectivity index (χ0v) is 11.6. The molecule has 0 atom stereocenters.